The van der Waals surface area contributed by atoms with Crippen molar-refractivity contribution < 1.29 is 24.4 Å². The molecule has 0 aliphatic heterocycles. The molecule has 7 N–H and O–H groups in total. The molecule has 21 heavy (non-hydrogen) atoms. The maximum absolute atomic E-state index is 14.4. The number of rotatable bonds is 6. The lowest BCUT2D eigenvalue weighted by molar-refractivity contribution is -0.273. The third kappa shape index (κ3) is 3.06. The lowest BCUT2D eigenvalue weighted by Gasteiger charge is -2.44. The van der Waals surface area contributed by atoms with Gasteiger partial charge in [-0.05, 0) is 6.07 Å². The fourth-order valence-corrected chi connectivity index (χ4v) is 1.98. The summed E-state index contributed by atoms with van der Waals surface area (Å²) in [5.74, 6) is -0.121. The topological polar surface area (TPSA) is 157 Å². The highest BCUT2D eigenvalue weighted by molar-refractivity contribution is 6.14. The summed E-state index contributed by atoms with van der Waals surface area (Å²) >= 11 is 0. The molecule has 0 aromatic carbocycles. The minimum absolute atomic E-state index is 0.121. The average Bonchev–Trinajstić information content (AvgIpc) is 2.38. The number of ether oxygens (including phenoxy) is 1. The minimum atomic E-state index is -2.66. The number of nitrogen functional groups attached to an aromatic ring is 1. The Kier molecular flexibility index (Phi) is 5.07. The van der Waals surface area contributed by atoms with Crippen molar-refractivity contribution in [3.8, 4) is 0 Å². The van der Waals surface area contributed by atoms with Gasteiger partial charge in [0.2, 0.25) is 6.30 Å². The zero-order valence-electron chi connectivity index (χ0n) is 11.6. The number of halogens is 1. The Morgan fingerprint density at radius 2 is 2.19 bits per heavy atom. The Morgan fingerprint density at radius 3 is 2.57 bits per heavy atom. The van der Waals surface area contributed by atoms with Crippen LogP contribution in [0.3, 0.4) is 0 Å². The van der Waals surface area contributed by atoms with Crippen LogP contribution in [0.5, 0.6) is 0 Å². The maximum atomic E-state index is 14.4. The molecular formula is C10H18BFN4O5. The minimum Gasteiger partial charge on any atom is -0.385 e. The second kappa shape index (κ2) is 6.07. The number of aliphatic hydroxyl groups is 3. The third-order valence-corrected chi connectivity index (χ3v) is 3.32. The second-order valence-corrected chi connectivity index (χ2v) is 4.68. The van der Waals surface area contributed by atoms with Gasteiger partial charge in [0.05, 0.1) is 0 Å². The second-order valence-electron chi connectivity index (χ2n) is 4.68. The summed E-state index contributed by atoms with van der Waals surface area (Å²) in [6.45, 7) is -0.619. The molecule has 1 rings (SSSR count). The summed E-state index contributed by atoms with van der Waals surface area (Å²) < 4.78 is 19.7. The maximum Gasteiger partial charge on any atom is 0.351 e. The van der Waals surface area contributed by atoms with E-state index in [0.29, 0.717) is 4.57 Å². The van der Waals surface area contributed by atoms with Crippen LogP contribution in [-0.2, 0) is 4.74 Å². The molecule has 1 heterocycles. The Hall–Kier alpha value is -1.53. The predicted octanol–water partition coefficient (Wildman–Crippen LogP) is -3.73. The van der Waals surface area contributed by atoms with Crippen LogP contribution in [0.1, 0.15) is 6.30 Å². The van der Waals surface area contributed by atoms with Gasteiger partial charge in [0.15, 0.2) is 19.1 Å². The van der Waals surface area contributed by atoms with Gasteiger partial charge in [0, 0.05) is 19.9 Å². The van der Waals surface area contributed by atoms with Crippen LogP contribution in [-0.4, -0.2) is 63.8 Å². The smallest absolute Gasteiger partial charge is 0.351 e. The average molecular weight is 304 g/mol. The van der Waals surface area contributed by atoms with Gasteiger partial charge >= 0.3 is 5.69 Å². The molecule has 3 atom stereocenters. The molecule has 118 valence electrons. The van der Waals surface area contributed by atoms with E-state index in [1.807, 2.05) is 0 Å². The summed E-state index contributed by atoms with van der Waals surface area (Å²) in [7, 11) is 1.90. The zero-order valence-corrected chi connectivity index (χ0v) is 11.6. The monoisotopic (exact) mass is 304 g/mol. The molecule has 0 saturated heterocycles. The summed E-state index contributed by atoms with van der Waals surface area (Å²) in [5.41, 5.74) is 4.69. The van der Waals surface area contributed by atoms with Crippen molar-refractivity contribution in [2.75, 3.05) is 19.4 Å². The Balaban J connectivity index is 3.27. The number of nitrogens with zero attached hydrogens (tertiary/aromatic N) is 2. The van der Waals surface area contributed by atoms with E-state index in [-0.39, 0.29) is 5.82 Å². The fraction of sp³-hybridized carbons (Fsp3) is 0.600. The molecule has 0 spiro atoms. The number of alkyl halides is 1. The molecule has 0 saturated carbocycles. The van der Waals surface area contributed by atoms with E-state index in [0.717, 1.165) is 27.2 Å². The molecule has 1 aromatic heterocycles. The first-order valence-electron chi connectivity index (χ1n) is 5.97. The van der Waals surface area contributed by atoms with Crippen LogP contribution in [0, 0.1) is 0 Å². The highest BCUT2D eigenvalue weighted by Gasteiger charge is 2.54. The molecular weight excluding hydrogens is 286 g/mol. The van der Waals surface area contributed by atoms with E-state index in [2.05, 4.69) is 4.98 Å². The first-order chi connectivity index (χ1) is 9.60. The third-order valence-electron chi connectivity index (χ3n) is 3.32. The van der Waals surface area contributed by atoms with Gasteiger partial charge in [-0.1, -0.05) is 0 Å². The Labute approximate surface area is 120 Å². The Bertz CT molecular complexity index is 545. The standard InChI is InChI=1S/C10H18BFN4O5/c1-21-9(4-13,10(11,19)20)6(17)7(12)16-3-2-5(14)15-8(16)18/h2-3,6-7,17,19-20H,4,11,13H2,1H3,(H2,14,15,18)/t6-,7-,9?/m0/s1. The number of anilines is 1. The van der Waals surface area contributed by atoms with E-state index in [4.69, 9.17) is 16.2 Å². The fourth-order valence-electron chi connectivity index (χ4n) is 1.98. The summed E-state index contributed by atoms with van der Waals surface area (Å²) in [6.07, 6.45) is -3.56. The van der Waals surface area contributed by atoms with Crippen LogP contribution in [0.4, 0.5) is 10.2 Å². The van der Waals surface area contributed by atoms with Gasteiger partial charge < -0.3 is 31.5 Å². The molecule has 0 bridgehead atoms. The van der Waals surface area contributed by atoms with Crippen LogP contribution in [0.2, 0.25) is 0 Å². The highest BCUT2D eigenvalue weighted by atomic mass is 19.1. The van der Waals surface area contributed by atoms with Gasteiger partial charge in [0.1, 0.15) is 11.9 Å². The van der Waals surface area contributed by atoms with Gasteiger partial charge in [0.25, 0.3) is 0 Å². The van der Waals surface area contributed by atoms with Gasteiger partial charge in [-0.15, -0.1) is 0 Å². The van der Waals surface area contributed by atoms with Crippen molar-refractivity contribution in [1.82, 2.24) is 9.55 Å². The molecule has 0 amide bonds. The molecule has 0 fully saturated rings. The van der Waals surface area contributed by atoms with E-state index in [1.54, 1.807) is 0 Å². The van der Waals surface area contributed by atoms with Crippen LogP contribution in [0.25, 0.3) is 0 Å². The Morgan fingerprint density at radius 1 is 1.62 bits per heavy atom. The summed E-state index contributed by atoms with van der Waals surface area (Å²) in [6, 6.07) is 1.15. The van der Waals surface area contributed by atoms with Crippen LogP contribution in [0.15, 0.2) is 17.1 Å². The molecule has 0 aliphatic carbocycles. The number of hydrogen-bond donors (Lipinski definition) is 5. The van der Waals surface area contributed by atoms with Crippen molar-refractivity contribution in [1.29, 1.82) is 0 Å². The molecule has 1 aromatic rings. The normalized spacial score (nSPS) is 18.0. The van der Waals surface area contributed by atoms with Gasteiger partial charge in [-0.2, -0.15) is 4.98 Å². The molecule has 9 nitrogen and oxygen atoms in total. The van der Waals surface area contributed by atoms with Crippen molar-refractivity contribution in [2.24, 2.45) is 5.73 Å². The SMILES string of the molecule is BC(O)(O)C(CN)(OC)[C@@H](O)[C@@H](F)n1ccc(N)nc1=O. The first-order valence-corrected chi connectivity index (χ1v) is 5.97. The van der Waals surface area contributed by atoms with E-state index in [9.17, 15) is 24.5 Å². The number of aromatic nitrogens is 2. The number of aliphatic hydroxyl groups excluding tert-OH is 1. The van der Waals surface area contributed by atoms with Gasteiger partial charge in [-0.25, -0.2) is 9.18 Å². The van der Waals surface area contributed by atoms with Crippen molar-refractivity contribution in [2.45, 2.75) is 23.7 Å². The summed E-state index contributed by atoms with van der Waals surface area (Å²) in [4.78, 5) is 14.9. The van der Waals surface area contributed by atoms with Crippen molar-refractivity contribution >= 4 is 13.7 Å². The highest BCUT2D eigenvalue weighted by Crippen LogP contribution is 2.31. The summed E-state index contributed by atoms with van der Waals surface area (Å²) in [5, 5.41) is 29.5. The largest absolute Gasteiger partial charge is 0.385 e. The van der Waals surface area contributed by atoms with Crippen molar-refractivity contribution in [3.63, 3.8) is 0 Å². The van der Waals surface area contributed by atoms with E-state index >= 15 is 0 Å². The molecule has 1 unspecified atom stereocenters. The lowest BCUT2D eigenvalue weighted by atomic mass is 9.74. The van der Waals surface area contributed by atoms with Gasteiger partial charge in [-0.3, -0.25) is 4.57 Å². The van der Waals surface area contributed by atoms with Crippen LogP contribution >= 0.6 is 0 Å². The first kappa shape index (κ1) is 17.5. The van der Waals surface area contributed by atoms with Crippen molar-refractivity contribution in [3.05, 3.63) is 22.7 Å². The zero-order chi connectivity index (χ0) is 16.4. The molecule has 11 heteroatoms. The predicted molar refractivity (Wildman–Crippen MR) is 73.6 cm³/mol. The van der Waals surface area contributed by atoms with Crippen LogP contribution < -0.4 is 17.2 Å². The molecule has 0 radical (unpaired) electrons. The molecule has 0 aliphatic rings. The van der Waals surface area contributed by atoms with E-state index < -0.39 is 35.9 Å². The number of nitrogens with two attached hydrogens (primary N) is 2. The lowest BCUT2D eigenvalue weighted by Crippen LogP contribution is -2.68. The number of methoxy groups -OCH3 is 1. The quantitative estimate of drug-likeness (QED) is 0.265. The number of hydrogen-bond acceptors (Lipinski definition) is 8. The van der Waals surface area contributed by atoms with E-state index in [1.165, 1.54) is 0 Å².